The molecule has 4 aromatic rings. The van der Waals surface area contributed by atoms with E-state index < -0.39 is 0 Å². The second-order valence-corrected chi connectivity index (χ2v) is 13.9. The molecule has 3 N–H and O–H groups in total. The summed E-state index contributed by atoms with van der Waals surface area (Å²) >= 11 is 7.01. The molecule has 0 atom stereocenters. The monoisotopic (exact) mass is 680 g/mol. The largest absolute Gasteiger partial charge is 0.396 e. The average molecular weight is 681 g/mol. The molecule has 9 heteroatoms. The van der Waals surface area contributed by atoms with Crippen molar-refractivity contribution in [2.45, 2.75) is 90.3 Å². The van der Waals surface area contributed by atoms with Crippen LogP contribution in [0.15, 0.2) is 60.8 Å². The second-order valence-electron chi connectivity index (χ2n) is 13.5. The number of Topliss-reactive ketones (excluding diaryl/α,β-unsaturated/α-hetero) is 1. The van der Waals surface area contributed by atoms with E-state index in [0.29, 0.717) is 28.1 Å². The van der Waals surface area contributed by atoms with Gasteiger partial charge in [0.05, 0.1) is 16.8 Å². The number of carbonyl (C=O) groups is 2. The number of hydrogen-bond acceptors (Lipinski definition) is 7. The van der Waals surface area contributed by atoms with Crippen molar-refractivity contribution in [3.8, 4) is 11.1 Å². The molecule has 1 amide bonds. The minimum atomic E-state index is -0.305. The van der Waals surface area contributed by atoms with Crippen molar-refractivity contribution in [3.05, 3.63) is 111 Å². The van der Waals surface area contributed by atoms with Gasteiger partial charge < -0.3 is 15.5 Å². The van der Waals surface area contributed by atoms with Gasteiger partial charge in [-0.3, -0.25) is 19.5 Å². The van der Waals surface area contributed by atoms with Gasteiger partial charge in [-0.1, -0.05) is 48.0 Å². The van der Waals surface area contributed by atoms with Crippen molar-refractivity contribution in [3.63, 3.8) is 0 Å². The highest BCUT2D eigenvalue weighted by Gasteiger charge is 2.29. The molecule has 2 aromatic carbocycles. The molecule has 2 aliphatic rings. The predicted octanol–water partition coefficient (Wildman–Crippen LogP) is 7.07. The predicted molar refractivity (Wildman–Crippen MR) is 193 cm³/mol. The molecule has 0 unspecified atom stereocenters. The normalized spacial score (nSPS) is 17.8. The number of aliphatic hydroxyl groups is 2. The van der Waals surface area contributed by atoms with E-state index in [9.17, 15) is 14.7 Å². The molecule has 0 spiro atoms. The number of benzene rings is 2. The van der Waals surface area contributed by atoms with Gasteiger partial charge in [0.2, 0.25) is 0 Å². The summed E-state index contributed by atoms with van der Waals surface area (Å²) in [6, 6.07) is 17.4. The number of hydrogen-bond donors (Lipinski definition) is 3. The first-order chi connectivity index (χ1) is 23.7. The van der Waals surface area contributed by atoms with Gasteiger partial charge in [0.25, 0.3) is 5.91 Å². The van der Waals surface area contributed by atoms with Crippen LogP contribution < -0.4 is 5.32 Å². The maximum Gasteiger partial charge on any atom is 0.274 e. The number of ketones is 1. The number of aryl methyl sites for hydroxylation is 2. The Kier molecular flexibility index (Phi) is 11.2. The molecule has 0 bridgehead atoms. The third-order valence-electron chi connectivity index (χ3n) is 10.1. The van der Waals surface area contributed by atoms with E-state index in [0.717, 1.165) is 104 Å². The van der Waals surface area contributed by atoms with Crippen LogP contribution in [0.25, 0.3) is 11.1 Å². The molecule has 256 valence electrons. The number of aliphatic hydroxyl groups excluding tert-OH is 2. The van der Waals surface area contributed by atoms with Gasteiger partial charge in [0, 0.05) is 49.6 Å². The average Bonchev–Trinajstić information content (AvgIpc) is 3.10. The molecule has 6 rings (SSSR count). The van der Waals surface area contributed by atoms with Gasteiger partial charge >= 0.3 is 0 Å². The molecule has 8 nitrogen and oxygen atoms in total. The number of halogens is 1. The minimum absolute atomic E-state index is 0.0764. The van der Waals surface area contributed by atoms with Crippen molar-refractivity contribution in [2.75, 3.05) is 18.5 Å². The summed E-state index contributed by atoms with van der Waals surface area (Å²) < 4.78 is 0. The molecule has 1 aliphatic heterocycles. The van der Waals surface area contributed by atoms with Gasteiger partial charge in [-0.25, -0.2) is 4.98 Å². The van der Waals surface area contributed by atoms with Crippen LogP contribution in [0, 0.1) is 13.8 Å². The number of rotatable bonds is 11. The first-order valence-electron chi connectivity index (χ1n) is 17.4. The van der Waals surface area contributed by atoms with E-state index in [1.807, 2.05) is 55.5 Å². The lowest BCUT2D eigenvalue weighted by Gasteiger charge is -2.38. The molecule has 3 heterocycles. The molecule has 0 radical (unpaired) electrons. The van der Waals surface area contributed by atoms with Gasteiger partial charge in [0.1, 0.15) is 11.4 Å². The van der Waals surface area contributed by atoms with E-state index in [1.165, 1.54) is 5.56 Å². The molecule has 1 saturated carbocycles. The van der Waals surface area contributed by atoms with E-state index >= 15 is 0 Å². The molecule has 1 aliphatic carbocycles. The van der Waals surface area contributed by atoms with Crippen LogP contribution in [0.3, 0.4) is 0 Å². The Morgan fingerprint density at radius 3 is 2.51 bits per heavy atom. The quantitative estimate of drug-likeness (QED) is 0.115. The fourth-order valence-electron chi connectivity index (χ4n) is 7.23. The smallest absolute Gasteiger partial charge is 0.274 e. The first kappa shape index (κ1) is 34.9. The third-order valence-corrected chi connectivity index (χ3v) is 10.6. The zero-order valence-electron chi connectivity index (χ0n) is 28.3. The Morgan fingerprint density at radius 2 is 1.76 bits per heavy atom. The molecule has 2 aromatic heterocycles. The number of amides is 1. The van der Waals surface area contributed by atoms with Crippen LogP contribution in [-0.2, 0) is 25.8 Å². The fourth-order valence-corrected chi connectivity index (χ4v) is 7.52. The van der Waals surface area contributed by atoms with Gasteiger partial charge in [-0.05, 0) is 117 Å². The number of fused-ring (bicyclic) bond motifs is 1. The third kappa shape index (κ3) is 8.10. The van der Waals surface area contributed by atoms with Crippen LogP contribution in [0.5, 0.6) is 0 Å². The zero-order valence-corrected chi connectivity index (χ0v) is 29.1. The van der Waals surface area contributed by atoms with Crippen molar-refractivity contribution in [1.82, 2.24) is 14.9 Å². The minimum Gasteiger partial charge on any atom is -0.396 e. The van der Waals surface area contributed by atoms with Crippen molar-refractivity contribution in [1.29, 1.82) is 0 Å². The molecular weight excluding hydrogens is 636 g/mol. The van der Waals surface area contributed by atoms with E-state index in [-0.39, 0.29) is 30.8 Å². The summed E-state index contributed by atoms with van der Waals surface area (Å²) in [5, 5.41) is 22.5. The maximum absolute atomic E-state index is 13.7. The van der Waals surface area contributed by atoms with Crippen LogP contribution in [0.4, 0.5) is 5.69 Å². The number of carbonyl (C=O) groups excluding carboxylic acids is 2. The number of unbranched alkanes of at least 4 members (excludes halogenated alkanes) is 1. The van der Waals surface area contributed by atoms with Crippen LogP contribution in [-0.4, -0.2) is 62.1 Å². The van der Waals surface area contributed by atoms with Crippen LogP contribution in [0.1, 0.15) is 93.0 Å². The highest BCUT2D eigenvalue weighted by atomic mass is 35.5. The highest BCUT2D eigenvalue weighted by Crippen LogP contribution is 2.36. The number of nitrogens with one attached hydrogen (secondary N) is 1. The lowest BCUT2D eigenvalue weighted by molar-refractivity contribution is 0.0669. The summed E-state index contributed by atoms with van der Waals surface area (Å²) in [6.45, 7) is 5.88. The van der Waals surface area contributed by atoms with Crippen LogP contribution >= 0.6 is 11.6 Å². The summed E-state index contributed by atoms with van der Waals surface area (Å²) in [5.41, 5.74) is 9.02. The molecule has 1 fully saturated rings. The summed E-state index contributed by atoms with van der Waals surface area (Å²) in [6.07, 6.45) is 8.66. The van der Waals surface area contributed by atoms with Crippen molar-refractivity contribution >= 4 is 29.0 Å². The van der Waals surface area contributed by atoms with E-state index in [2.05, 4.69) is 22.1 Å². The highest BCUT2D eigenvalue weighted by molar-refractivity contribution is 6.34. The van der Waals surface area contributed by atoms with Crippen molar-refractivity contribution < 1.29 is 19.8 Å². The Balaban J connectivity index is 1.16. The topological polar surface area (TPSA) is 116 Å². The Hall–Kier alpha value is -3.95. The van der Waals surface area contributed by atoms with Gasteiger partial charge in [0.15, 0.2) is 5.78 Å². The standard InChI is InChI=1S/C40H45ClN4O4/c1-25-21-36(43-37-24-45(19-18-31(25)37)29-13-15-30(47)16-14-29)38(48)22-28-8-5-10-33(39(28)41)32-9-6-11-34(26(32)2)44-40(49)35-17-12-27(23-42-35)7-3-4-20-46/h5-6,8-12,17,21,23,29-30,46-47H,3-4,7,13-16,18-20,22,24H2,1-2H3,(H,44,49). The van der Waals surface area contributed by atoms with Gasteiger partial charge in [-0.15, -0.1) is 0 Å². The first-order valence-corrected chi connectivity index (χ1v) is 17.8. The number of aromatic nitrogens is 2. The summed E-state index contributed by atoms with van der Waals surface area (Å²) in [4.78, 5) is 38.5. The Morgan fingerprint density at radius 1 is 0.980 bits per heavy atom. The number of anilines is 1. The van der Waals surface area contributed by atoms with E-state index in [4.69, 9.17) is 21.7 Å². The SMILES string of the molecule is Cc1cc(C(=O)Cc2cccc(-c3cccc(NC(=O)c4ccc(CCCCO)cn4)c3C)c2Cl)nc2c1CCN(C1CCC(O)CC1)C2. The number of pyridine rings is 2. The van der Waals surface area contributed by atoms with Gasteiger partial charge in [-0.2, -0.15) is 0 Å². The maximum atomic E-state index is 13.7. The fraction of sp³-hybridized carbons (Fsp3) is 0.400. The summed E-state index contributed by atoms with van der Waals surface area (Å²) in [5.74, 6) is -0.381. The van der Waals surface area contributed by atoms with Crippen molar-refractivity contribution in [2.24, 2.45) is 0 Å². The molecule has 0 saturated heterocycles. The zero-order chi connectivity index (χ0) is 34.5. The van der Waals surface area contributed by atoms with Crippen LogP contribution in [0.2, 0.25) is 5.02 Å². The lowest BCUT2D eigenvalue weighted by Crippen LogP contribution is -2.42. The Bertz CT molecular complexity index is 1820. The lowest BCUT2D eigenvalue weighted by atomic mass is 9.89. The second kappa shape index (κ2) is 15.7. The molecule has 49 heavy (non-hydrogen) atoms. The van der Waals surface area contributed by atoms with E-state index in [1.54, 1.807) is 12.3 Å². The Labute approximate surface area is 293 Å². The summed E-state index contributed by atoms with van der Waals surface area (Å²) in [7, 11) is 0. The molecular formula is C40H45ClN4O4. The number of nitrogens with zero attached hydrogens (tertiary/aromatic N) is 3.